The molecule has 2 aromatic heterocycles. The van der Waals surface area contributed by atoms with Gasteiger partial charge in [-0.05, 0) is 25.5 Å². The molecule has 0 aliphatic carbocycles. The lowest BCUT2D eigenvalue weighted by Crippen LogP contribution is -2.02. The van der Waals surface area contributed by atoms with Crippen LogP contribution in [0.15, 0.2) is 24.7 Å². The number of pyridine rings is 1. The van der Waals surface area contributed by atoms with Crippen LogP contribution in [-0.4, -0.2) is 21.6 Å². The van der Waals surface area contributed by atoms with Crippen LogP contribution in [0.25, 0.3) is 5.69 Å². The average Bonchev–Trinajstić information content (AvgIpc) is 2.60. The zero-order chi connectivity index (χ0) is 10.8. The molecule has 0 bridgehead atoms. The van der Waals surface area contributed by atoms with Crippen molar-refractivity contribution >= 4 is 5.95 Å². The summed E-state index contributed by atoms with van der Waals surface area (Å²) >= 11 is 0. The maximum absolute atomic E-state index is 4.37. The van der Waals surface area contributed by atoms with E-state index in [1.165, 1.54) is 5.56 Å². The van der Waals surface area contributed by atoms with Gasteiger partial charge < -0.3 is 5.32 Å². The smallest absolute Gasteiger partial charge is 0.207 e. The van der Waals surface area contributed by atoms with Gasteiger partial charge in [-0.2, -0.15) is 0 Å². The van der Waals surface area contributed by atoms with E-state index in [1.54, 1.807) is 6.20 Å². The van der Waals surface area contributed by atoms with Gasteiger partial charge in [0, 0.05) is 19.4 Å². The van der Waals surface area contributed by atoms with E-state index < -0.39 is 0 Å². The number of aromatic nitrogens is 3. The van der Waals surface area contributed by atoms with E-state index in [2.05, 4.69) is 22.2 Å². The van der Waals surface area contributed by atoms with Crippen molar-refractivity contribution in [1.82, 2.24) is 14.5 Å². The highest BCUT2D eigenvalue weighted by atomic mass is 15.2. The number of hydrogen-bond donors (Lipinski definition) is 1. The minimum Gasteiger partial charge on any atom is -0.358 e. The highest BCUT2D eigenvalue weighted by Gasteiger charge is 2.07. The Morgan fingerprint density at radius 3 is 2.80 bits per heavy atom. The molecule has 15 heavy (non-hydrogen) atoms. The molecule has 0 aliphatic rings. The molecule has 4 nitrogen and oxygen atoms in total. The van der Waals surface area contributed by atoms with Crippen molar-refractivity contribution in [3.05, 3.63) is 35.9 Å². The summed E-state index contributed by atoms with van der Waals surface area (Å²) in [7, 11) is 1.87. The maximum Gasteiger partial charge on any atom is 0.207 e. The second-order valence-electron chi connectivity index (χ2n) is 3.49. The van der Waals surface area contributed by atoms with Gasteiger partial charge in [-0.3, -0.25) is 9.55 Å². The normalized spacial score (nSPS) is 10.3. The van der Waals surface area contributed by atoms with Gasteiger partial charge in [0.05, 0.1) is 17.6 Å². The number of aryl methyl sites for hydroxylation is 2. The molecule has 0 saturated carbocycles. The van der Waals surface area contributed by atoms with Crippen LogP contribution in [0, 0.1) is 13.8 Å². The lowest BCUT2D eigenvalue weighted by Gasteiger charge is -2.08. The second kappa shape index (κ2) is 3.73. The number of nitrogens with zero attached hydrogens (tertiary/aromatic N) is 3. The first-order valence-corrected chi connectivity index (χ1v) is 4.87. The summed E-state index contributed by atoms with van der Waals surface area (Å²) < 4.78 is 2.01. The highest BCUT2D eigenvalue weighted by molar-refractivity contribution is 5.45. The average molecular weight is 202 g/mol. The summed E-state index contributed by atoms with van der Waals surface area (Å²) in [5.41, 5.74) is 3.23. The van der Waals surface area contributed by atoms with Gasteiger partial charge in [-0.25, -0.2) is 4.98 Å². The number of imidazole rings is 1. The van der Waals surface area contributed by atoms with Crippen LogP contribution in [0.3, 0.4) is 0 Å². The number of nitrogens with one attached hydrogen (secondary N) is 1. The first-order valence-electron chi connectivity index (χ1n) is 4.87. The van der Waals surface area contributed by atoms with Crippen LogP contribution in [-0.2, 0) is 0 Å². The van der Waals surface area contributed by atoms with Crippen molar-refractivity contribution < 1.29 is 0 Å². The van der Waals surface area contributed by atoms with Gasteiger partial charge in [0.15, 0.2) is 0 Å². The molecule has 0 aromatic carbocycles. The van der Waals surface area contributed by atoms with Crippen LogP contribution in [0.5, 0.6) is 0 Å². The van der Waals surface area contributed by atoms with Gasteiger partial charge in [0.2, 0.25) is 5.95 Å². The Balaban J connectivity index is 2.58. The van der Waals surface area contributed by atoms with Crippen molar-refractivity contribution in [3.63, 3.8) is 0 Å². The predicted molar refractivity (Wildman–Crippen MR) is 60.4 cm³/mol. The molecule has 2 aromatic rings. The van der Waals surface area contributed by atoms with E-state index in [0.29, 0.717) is 0 Å². The molecule has 0 aliphatic heterocycles. The summed E-state index contributed by atoms with van der Waals surface area (Å²) in [6.45, 7) is 4.04. The number of rotatable bonds is 2. The van der Waals surface area contributed by atoms with Gasteiger partial charge >= 0.3 is 0 Å². The number of hydrogen-bond acceptors (Lipinski definition) is 3. The summed E-state index contributed by atoms with van der Waals surface area (Å²) in [5, 5.41) is 3.07. The van der Waals surface area contributed by atoms with Crippen LogP contribution >= 0.6 is 0 Å². The van der Waals surface area contributed by atoms with Gasteiger partial charge in [0.25, 0.3) is 0 Å². The van der Waals surface area contributed by atoms with Gasteiger partial charge in [0.1, 0.15) is 0 Å². The predicted octanol–water partition coefficient (Wildman–Crippen LogP) is 1.93. The van der Waals surface area contributed by atoms with Crippen LogP contribution in [0.1, 0.15) is 11.3 Å². The first-order chi connectivity index (χ1) is 7.22. The summed E-state index contributed by atoms with van der Waals surface area (Å²) in [6.07, 6.45) is 5.63. The molecule has 1 N–H and O–H groups in total. The fourth-order valence-corrected chi connectivity index (χ4v) is 1.57. The topological polar surface area (TPSA) is 42.7 Å². The van der Waals surface area contributed by atoms with E-state index in [4.69, 9.17) is 0 Å². The Morgan fingerprint density at radius 1 is 1.33 bits per heavy atom. The third-order valence-corrected chi connectivity index (χ3v) is 2.32. The molecule has 0 fully saturated rings. The molecule has 0 atom stereocenters. The van der Waals surface area contributed by atoms with E-state index >= 15 is 0 Å². The Kier molecular flexibility index (Phi) is 2.41. The maximum atomic E-state index is 4.37. The number of anilines is 1. The standard InChI is InChI=1S/C11H14N4/c1-8-4-5-13-6-10(8)15-7-9(2)14-11(15)12-3/h4-7H,1-3H3,(H,12,14). The zero-order valence-electron chi connectivity index (χ0n) is 9.15. The Bertz CT molecular complexity index is 473. The Morgan fingerprint density at radius 2 is 2.13 bits per heavy atom. The van der Waals surface area contributed by atoms with Crippen LogP contribution in [0.4, 0.5) is 5.95 Å². The van der Waals surface area contributed by atoms with Crippen LogP contribution in [0.2, 0.25) is 0 Å². The van der Waals surface area contributed by atoms with E-state index in [9.17, 15) is 0 Å². The minimum atomic E-state index is 0.837. The van der Waals surface area contributed by atoms with Crippen LogP contribution < -0.4 is 5.32 Å². The molecule has 0 amide bonds. The monoisotopic (exact) mass is 202 g/mol. The van der Waals surface area contributed by atoms with Crippen molar-refractivity contribution in [2.24, 2.45) is 0 Å². The lowest BCUT2D eigenvalue weighted by molar-refractivity contribution is 1.02. The van der Waals surface area contributed by atoms with E-state index in [1.807, 2.05) is 37.0 Å². The summed E-state index contributed by atoms with van der Waals surface area (Å²) in [6, 6.07) is 1.99. The van der Waals surface area contributed by atoms with Gasteiger partial charge in [-0.15, -0.1) is 0 Å². The molecule has 0 saturated heterocycles. The molecular weight excluding hydrogens is 188 g/mol. The SMILES string of the molecule is CNc1nc(C)cn1-c1cnccc1C. The third-order valence-electron chi connectivity index (χ3n) is 2.32. The molecule has 2 heterocycles. The largest absolute Gasteiger partial charge is 0.358 e. The fourth-order valence-electron chi connectivity index (χ4n) is 1.57. The van der Waals surface area contributed by atoms with Crippen molar-refractivity contribution in [1.29, 1.82) is 0 Å². The minimum absolute atomic E-state index is 0.837. The molecule has 78 valence electrons. The zero-order valence-corrected chi connectivity index (χ0v) is 9.15. The Labute approximate surface area is 89.0 Å². The van der Waals surface area contributed by atoms with E-state index in [0.717, 1.165) is 17.3 Å². The Hall–Kier alpha value is -1.84. The third kappa shape index (κ3) is 1.70. The van der Waals surface area contributed by atoms with Crippen molar-refractivity contribution in [2.45, 2.75) is 13.8 Å². The highest BCUT2D eigenvalue weighted by Crippen LogP contribution is 2.18. The first kappa shape index (κ1) is 9.71. The lowest BCUT2D eigenvalue weighted by atomic mass is 10.2. The van der Waals surface area contributed by atoms with E-state index in [-0.39, 0.29) is 0 Å². The van der Waals surface area contributed by atoms with Gasteiger partial charge in [-0.1, -0.05) is 0 Å². The molecule has 0 radical (unpaired) electrons. The molecule has 0 spiro atoms. The second-order valence-corrected chi connectivity index (χ2v) is 3.49. The van der Waals surface area contributed by atoms with Crippen molar-refractivity contribution in [2.75, 3.05) is 12.4 Å². The quantitative estimate of drug-likeness (QED) is 0.809. The summed E-state index contributed by atoms with van der Waals surface area (Å²) in [4.78, 5) is 8.50. The molecular formula is C11H14N4. The van der Waals surface area contributed by atoms with Crippen molar-refractivity contribution in [3.8, 4) is 5.69 Å². The summed E-state index contributed by atoms with van der Waals surface area (Å²) in [5.74, 6) is 0.837. The molecule has 0 unspecified atom stereocenters. The molecule has 4 heteroatoms. The fraction of sp³-hybridized carbons (Fsp3) is 0.273. The molecule has 2 rings (SSSR count).